The minimum absolute atomic E-state index is 0.0496. The Kier molecular flexibility index (Phi) is 6.88. The van der Waals surface area contributed by atoms with Crippen LogP contribution < -0.4 is 19.9 Å². The van der Waals surface area contributed by atoms with E-state index in [-0.39, 0.29) is 17.6 Å². The van der Waals surface area contributed by atoms with Crippen LogP contribution in [-0.2, 0) is 15.6 Å². The average Bonchev–Trinajstić information content (AvgIpc) is 3.48. The molecule has 0 fully saturated rings. The molecule has 0 spiro atoms. The monoisotopic (exact) mass is 531 g/mol. The van der Waals surface area contributed by atoms with Gasteiger partial charge in [0, 0.05) is 0 Å². The van der Waals surface area contributed by atoms with Crippen molar-refractivity contribution in [2.75, 3.05) is 18.9 Å². The highest BCUT2D eigenvalue weighted by Gasteiger charge is 2.41. The van der Waals surface area contributed by atoms with Gasteiger partial charge in [-0.3, -0.25) is 9.29 Å². The standard InChI is InChI=1S/C23H26FN7O5S/c1-13-9-10-18(36-13)20-28-29-22(31(20)19-16(34-4)7-6-8-17(19)35-5)30-37(32,33)14(2)23(3,25)21-26-11-15(24)12-27-21/h6-12,14H,25H2,1-5H3,(H,29,30)/t14-,23-/m1/s1. The predicted octanol–water partition coefficient (Wildman–Crippen LogP) is 2.79. The Bertz CT molecular complexity index is 1490. The van der Waals surface area contributed by atoms with E-state index in [1.165, 1.54) is 32.6 Å². The number of nitrogens with zero attached hydrogens (tertiary/aromatic N) is 5. The second-order valence-corrected chi connectivity index (χ2v) is 10.4. The number of nitrogens with one attached hydrogen (secondary N) is 1. The number of rotatable bonds is 9. The van der Waals surface area contributed by atoms with Crippen molar-refractivity contribution in [3.8, 4) is 28.8 Å². The highest BCUT2D eigenvalue weighted by Crippen LogP contribution is 2.38. The smallest absolute Gasteiger partial charge is 0.243 e. The maximum absolute atomic E-state index is 13.5. The highest BCUT2D eigenvalue weighted by atomic mass is 32.2. The first-order valence-electron chi connectivity index (χ1n) is 11.0. The van der Waals surface area contributed by atoms with Crippen LogP contribution in [0.1, 0.15) is 25.4 Å². The summed E-state index contributed by atoms with van der Waals surface area (Å²) >= 11 is 0. The van der Waals surface area contributed by atoms with Crippen LogP contribution in [0.4, 0.5) is 10.3 Å². The molecule has 4 rings (SSSR count). The van der Waals surface area contributed by atoms with Crippen molar-refractivity contribution in [3.05, 3.63) is 60.1 Å². The molecule has 2 atom stereocenters. The quantitative estimate of drug-likeness (QED) is 0.329. The first-order valence-corrected chi connectivity index (χ1v) is 12.6. The lowest BCUT2D eigenvalue weighted by Crippen LogP contribution is -2.50. The number of hydrogen-bond donors (Lipinski definition) is 2. The second kappa shape index (κ2) is 9.78. The van der Waals surface area contributed by atoms with Gasteiger partial charge in [0.1, 0.15) is 34.0 Å². The number of para-hydroxylation sites is 1. The van der Waals surface area contributed by atoms with E-state index in [4.69, 9.17) is 19.6 Å². The number of hydrogen-bond acceptors (Lipinski definition) is 10. The van der Waals surface area contributed by atoms with E-state index in [1.54, 1.807) is 37.3 Å². The molecule has 0 aliphatic heterocycles. The Balaban J connectivity index is 1.84. The number of benzene rings is 1. The van der Waals surface area contributed by atoms with Crippen LogP contribution in [0.3, 0.4) is 0 Å². The molecule has 0 aliphatic rings. The summed E-state index contributed by atoms with van der Waals surface area (Å²) in [6.45, 7) is 4.59. The number of sulfonamides is 1. The zero-order valence-electron chi connectivity index (χ0n) is 20.8. The van der Waals surface area contributed by atoms with Crippen molar-refractivity contribution in [2.24, 2.45) is 5.73 Å². The Morgan fingerprint density at radius 3 is 2.27 bits per heavy atom. The average molecular weight is 532 g/mol. The molecule has 14 heteroatoms. The molecule has 0 radical (unpaired) electrons. The van der Waals surface area contributed by atoms with Gasteiger partial charge in [-0.2, -0.15) is 0 Å². The molecule has 0 saturated heterocycles. The number of aromatic nitrogens is 5. The van der Waals surface area contributed by atoms with E-state index in [1.807, 2.05) is 0 Å². The molecule has 3 N–H and O–H groups in total. The van der Waals surface area contributed by atoms with Crippen LogP contribution in [0.15, 0.2) is 47.1 Å². The third-order valence-electron chi connectivity index (χ3n) is 5.89. The summed E-state index contributed by atoms with van der Waals surface area (Å²) in [7, 11) is -1.31. The molecule has 4 aromatic rings. The van der Waals surface area contributed by atoms with E-state index in [0.29, 0.717) is 28.7 Å². The van der Waals surface area contributed by atoms with Crippen LogP contribution in [0.25, 0.3) is 17.3 Å². The van der Waals surface area contributed by atoms with Gasteiger partial charge in [-0.05, 0) is 45.0 Å². The number of anilines is 1. The maximum Gasteiger partial charge on any atom is 0.243 e. The summed E-state index contributed by atoms with van der Waals surface area (Å²) in [6.07, 6.45) is 1.84. The molecule has 1 aromatic carbocycles. The Hall–Kier alpha value is -4.04. The maximum atomic E-state index is 13.5. The predicted molar refractivity (Wildman–Crippen MR) is 132 cm³/mol. The largest absolute Gasteiger partial charge is 0.494 e. The Labute approximate surface area is 212 Å². The van der Waals surface area contributed by atoms with Crippen molar-refractivity contribution in [1.29, 1.82) is 0 Å². The summed E-state index contributed by atoms with van der Waals surface area (Å²) in [5.74, 6) is 0.971. The molecule has 0 amide bonds. The molecule has 196 valence electrons. The van der Waals surface area contributed by atoms with Crippen molar-refractivity contribution in [3.63, 3.8) is 0 Å². The van der Waals surface area contributed by atoms with Gasteiger partial charge in [-0.1, -0.05) is 6.07 Å². The van der Waals surface area contributed by atoms with Gasteiger partial charge in [-0.15, -0.1) is 10.2 Å². The number of furan rings is 1. The third-order valence-corrected chi connectivity index (χ3v) is 7.78. The van der Waals surface area contributed by atoms with E-state index in [2.05, 4.69) is 24.9 Å². The lowest BCUT2D eigenvalue weighted by Gasteiger charge is -2.29. The van der Waals surface area contributed by atoms with E-state index < -0.39 is 26.6 Å². The molecular weight excluding hydrogens is 505 g/mol. The van der Waals surface area contributed by atoms with Gasteiger partial charge < -0.3 is 19.6 Å². The van der Waals surface area contributed by atoms with Crippen LogP contribution in [0, 0.1) is 12.7 Å². The first-order chi connectivity index (χ1) is 17.5. The minimum Gasteiger partial charge on any atom is -0.494 e. The number of nitrogens with two attached hydrogens (primary N) is 1. The molecule has 3 aromatic heterocycles. The van der Waals surface area contributed by atoms with Gasteiger partial charge in [0.05, 0.1) is 32.2 Å². The molecule has 0 saturated carbocycles. The fourth-order valence-electron chi connectivity index (χ4n) is 3.64. The normalized spacial score (nSPS) is 14.1. The fraction of sp³-hybridized carbons (Fsp3) is 0.304. The number of aryl methyl sites for hydroxylation is 1. The number of ether oxygens (including phenoxy) is 2. The van der Waals surface area contributed by atoms with E-state index in [0.717, 1.165) is 12.4 Å². The van der Waals surface area contributed by atoms with Gasteiger partial charge >= 0.3 is 0 Å². The fourth-order valence-corrected chi connectivity index (χ4v) is 4.95. The number of methoxy groups -OCH3 is 2. The third kappa shape index (κ3) is 4.84. The molecule has 0 bridgehead atoms. The van der Waals surface area contributed by atoms with Crippen LogP contribution in [-0.4, -0.2) is 52.6 Å². The number of halogens is 1. The summed E-state index contributed by atoms with van der Waals surface area (Å²) in [5.41, 5.74) is 5.09. The zero-order chi connectivity index (χ0) is 27.0. The SMILES string of the molecule is COc1cccc(OC)c1-n1c(NS(=O)(=O)[C@H](C)[C@@](C)(N)c2ncc(F)cn2)nnc1-c1ccc(C)o1. The minimum atomic E-state index is -4.25. The van der Waals surface area contributed by atoms with Crippen molar-refractivity contribution in [2.45, 2.75) is 31.6 Å². The van der Waals surface area contributed by atoms with Crippen molar-refractivity contribution >= 4 is 16.0 Å². The van der Waals surface area contributed by atoms with E-state index in [9.17, 15) is 12.8 Å². The molecule has 37 heavy (non-hydrogen) atoms. The zero-order valence-corrected chi connectivity index (χ0v) is 21.6. The highest BCUT2D eigenvalue weighted by molar-refractivity contribution is 7.93. The molecule has 0 aliphatic carbocycles. The van der Waals surface area contributed by atoms with Crippen molar-refractivity contribution in [1.82, 2.24) is 24.7 Å². The topological polar surface area (TPSA) is 160 Å². The van der Waals surface area contributed by atoms with Crippen molar-refractivity contribution < 1.29 is 26.7 Å². The van der Waals surface area contributed by atoms with Gasteiger partial charge in [-0.25, -0.2) is 22.8 Å². The lowest BCUT2D eigenvalue weighted by atomic mass is 9.99. The summed E-state index contributed by atoms with van der Waals surface area (Å²) < 4.78 is 61.1. The first kappa shape index (κ1) is 26.0. The van der Waals surface area contributed by atoms with Gasteiger partial charge in [0.2, 0.25) is 21.8 Å². The Morgan fingerprint density at radius 2 is 1.73 bits per heavy atom. The van der Waals surface area contributed by atoms with E-state index >= 15 is 0 Å². The second-order valence-electron chi connectivity index (χ2n) is 8.40. The summed E-state index contributed by atoms with van der Waals surface area (Å²) in [5, 5.41) is 6.99. The van der Waals surface area contributed by atoms with Gasteiger partial charge in [0.25, 0.3) is 0 Å². The lowest BCUT2D eigenvalue weighted by molar-refractivity contribution is 0.391. The molecule has 3 heterocycles. The van der Waals surface area contributed by atoms with Gasteiger partial charge in [0.15, 0.2) is 11.6 Å². The van der Waals surface area contributed by atoms with Crippen LogP contribution >= 0.6 is 0 Å². The summed E-state index contributed by atoms with van der Waals surface area (Å²) in [6, 6.07) is 8.50. The summed E-state index contributed by atoms with van der Waals surface area (Å²) in [4.78, 5) is 7.73. The molecular formula is C23H26FN7O5S. The Morgan fingerprint density at radius 1 is 1.11 bits per heavy atom. The van der Waals surface area contributed by atoms with Crippen LogP contribution in [0.2, 0.25) is 0 Å². The molecule has 12 nitrogen and oxygen atoms in total. The van der Waals surface area contributed by atoms with Crippen LogP contribution in [0.5, 0.6) is 11.5 Å². The molecule has 0 unspecified atom stereocenters.